The molecule has 1 aliphatic heterocycles. The third-order valence-electron chi connectivity index (χ3n) is 4.18. The van der Waals surface area contributed by atoms with Gasteiger partial charge in [0.2, 0.25) is 5.43 Å². The molecule has 0 bridgehead atoms. The zero-order valence-electron chi connectivity index (χ0n) is 15.1. The molecular weight excluding hydrogens is 395 g/mol. The molecule has 0 atom stereocenters. The fraction of sp³-hybridized carbons (Fsp3) is 0.375. The number of nitrogens with zero attached hydrogens (tertiary/aromatic N) is 2. The summed E-state index contributed by atoms with van der Waals surface area (Å²) in [5.74, 6) is -1.80. The number of aryl methyl sites for hydroxylation is 1. The van der Waals surface area contributed by atoms with Gasteiger partial charge in [-0.25, -0.2) is 14.3 Å². The minimum atomic E-state index is -4.17. The lowest BCUT2D eigenvalue weighted by Crippen LogP contribution is -2.43. The van der Waals surface area contributed by atoms with E-state index in [1.807, 2.05) is 11.8 Å². The molecule has 0 radical (unpaired) electrons. The van der Waals surface area contributed by atoms with Gasteiger partial charge in [0.15, 0.2) is 0 Å². The predicted molar refractivity (Wildman–Crippen MR) is 102 cm³/mol. The number of pyridine rings is 1. The molecule has 2 heterocycles. The molecule has 0 saturated carbocycles. The third-order valence-corrected chi connectivity index (χ3v) is 4.18. The molecule has 0 spiro atoms. The maximum atomic E-state index is 14.5. The fourth-order valence-corrected chi connectivity index (χ4v) is 2.96. The molecule has 28 heavy (non-hydrogen) atoms. The number of hydrogen-bond donors (Lipinski definition) is 4. The lowest BCUT2D eigenvalue weighted by molar-refractivity contribution is 0.0694. The van der Waals surface area contributed by atoms with Crippen molar-refractivity contribution in [2.24, 2.45) is 5.14 Å². The van der Waals surface area contributed by atoms with Crippen LogP contribution >= 0.6 is 0 Å². The van der Waals surface area contributed by atoms with Crippen LogP contribution in [0.25, 0.3) is 10.9 Å². The van der Waals surface area contributed by atoms with E-state index in [0.717, 1.165) is 19.2 Å². The molecule has 2 aromatic rings. The molecule has 0 unspecified atom stereocenters. The number of benzene rings is 1. The van der Waals surface area contributed by atoms with E-state index in [9.17, 15) is 14.0 Å². The Morgan fingerprint density at radius 1 is 1.32 bits per heavy atom. The van der Waals surface area contributed by atoms with Crippen LogP contribution in [0.4, 0.5) is 10.1 Å². The van der Waals surface area contributed by atoms with E-state index in [1.165, 1.54) is 6.20 Å². The van der Waals surface area contributed by atoms with Gasteiger partial charge in [-0.1, -0.05) is 0 Å². The molecule has 12 heteroatoms. The van der Waals surface area contributed by atoms with E-state index in [2.05, 4.69) is 10.5 Å². The van der Waals surface area contributed by atoms with Crippen LogP contribution in [-0.4, -0.2) is 54.8 Å². The van der Waals surface area contributed by atoms with Crippen molar-refractivity contribution in [3.63, 3.8) is 0 Å². The number of piperazine rings is 1. The number of rotatable bonds is 3. The molecule has 1 saturated heterocycles. The van der Waals surface area contributed by atoms with Crippen LogP contribution in [0.5, 0.6) is 0 Å². The van der Waals surface area contributed by atoms with Gasteiger partial charge in [0.25, 0.3) is 0 Å². The minimum Gasteiger partial charge on any atom is -0.477 e. The van der Waals surface area contributed by atoms with Gasteiger partial charge in [-0.05, 0) is 19.1 Å². The van der Waals surface area contributed by atoms with Crippen molar-refractivity contribution in [2.75, 3.05) is 31.1 Å². The monoisotopic (exact) mass is 416 g/mol. The first kappa shape index (κ1) is 21.8. The van der Waals surface area contributed by atoms with Gasteiger partial charge in [0, 0.05) is 44.3 Å². The van der Waals surface area contributed by atoms with E-state index >= 15 is 0 Å². The van der Waals surface area contributed by atoms with Crippen molar-refractivity contribution < 1.29 is 27.3 Å². The van der Waals surface area contributed by atoms with Gasteiger partial charge in [0.05, 0.1) is 11.2 Å². The Kier molecular flexibility index (Phi) is 6.72. The second kappa shape index (κ2) is 8.65. The number of nitrogens with two attached hydrogens (primary N) is 1. The van der Waals surface area contributed by atoms with Crippen LogP contribution in [-0.2, 0) is 16.8 Å². The Morgan fingerprint density at radius 3 is 2.39 bits per heavy atom. The molecular formula is C16H21FN4O6S. The first-order valence-electron chi connectivity index (χ1n) is 8.33. The molecule has 0 aliphatic carbocycles. The van der Waals surface area contributed by atoms with Crippen LogP contribution in [0.2, 0.25) is 0 Å². The molecule has 5 N–H and O–H groups in total. The minimum absolute atomic E-state index is 0.100. The standard InChI is InChI=1S/C16H18FN3O3.H3NO3S/c1-2-19-9-11(16(22)23)15(21)10-7-12(17)14(8-13(10)19)20-5-3-18-4-6-20;1-5(2,3)4/h7-9,18H,2-6H2,1H3,(H,22,23);(H3,1,2,3,4). The lowest BCUT2D eigenvalue weighted by atomic mass is 10.1. The number of carbonyl (C=O) groups is 1. The topological polar surface area (TPSA) is 155 Å². The van der Waals surface area contributed by atoms with Crippen molar-refractivity contribution >= 4 is 32.9 Å². The highest BCUT2D eigenvalue weighted by atomic mass is 32.2. The Bertz CT molecular complexity index is 1040. The molecule has 0 amide bonds. The summed E-state index contributed by atoms with van der Waals surface area (Å²) >= 11 is 0. The summed E-state index contributed by atoms with van der Waals surface area (Å²) in [7, 11) is -4.17. The number of fused-ring (bicyclic) bond motifs is 1. The lowest BCUT2D eigenvalue weighted by Gasteiger charge is -2.30. The van der Waals surface area contributed by atoms with Crippen LogP contribution in [0, 0.1) is 5.82 Å². The Morgan fingerprint density at radius 2 is 1.89 bits per heavy atom. The smallest absolute Gasteiger partial charge is 0.341 e. The van der Waals surface area contributed by atoms with Crippen LogP contribution in [0.15, 0.2) is 23.1 Å². The summed E-state index contributed by atoms with van der Waals surface area (Å²) in [5, 5.41) is 16.3. The number of halogens is 1. The number of hydrogen-bond acceptors (Lipinski definition) is 6. The van der Waals surface area contributed by atoms with E-state index < -0.39 is 27.5 Å². The summed E-state index contributed by atoms with van der Waals surface area (Å²) in [4.78, 5) is 25.4. The number of aromatic nitrogens is 1. The van der Waals surface area contributed by atoms with Gasteiger partial charge in [0.1, 0.15) is 11.4 Å². The predicted octanol–water partition coefficient (Wildman–Crippen LogP) is 0.0162. The molecule has 1 aromatic carbocycles. The van der Waals surface area contributed by atoms with Crippen molar-refractivity contribution in [3.8, 4) is 0 Å². The number of aromatic carboxylic acids is 1. The Labute approximate surface area is 160 Å². The molecule has 154 valence electrons. The van der Waals surface area contributed by atoms with Gasteiger partial charge in [-0.15, -0.1) is 0 Å². The van der Waals surface area contributed by atoms with Gasteiger partial charge in [-0.3, -0.25) is 9.35 Å². The number of nitrogens with one attached hydrogen (secondary N) is 1. The summed E-state index contributed by atoms with van der Waals surface area (Å²) in [6.45, 7) is 5.26. The summed E-state index contributed by atoms with van der Waals surface area (Å²) in [6, 6.07) is 2.81. The molecule has 1 aromatic heterocycles. The van der Waals surface area contributed by atoms with E-state index in [4.69, 9.17) is 18.1 Å². The zero-order valence-corrected chi connectivity index (χ0v) is 15.9. The first-order valence-corrected chi connectivity index (χ1v) is 9.84. The van der Waals surface area contributed by atoms with Crippen LogP contribution in [0.3, 0.4) is 0 Å². The van der Waals surface area contributed by atoms with E-state index in [1.54, 1.807) is 10.6 Å². The normalized spacial score (nSPS) is 14.5. The average molecular weight is 416 g/mol. The molecule has 1 fully saturated rings. The van der Waals surface area contributed by atoms with Crippen molar-refractivity contribution in [2.45, 2.75) is 13.5 Å². The quantitative estimate of drug-likeness (QED) is 0.510. The second-order valence-corrected chi connectivity index (χ2v) is 7.07. The van der Waals surface area contributed by atoms with Crippen molar-refractivity contribution in [1.29, 1.82) is 0 Å². The number of carboxylic acids is 1. The maximum absolute atomic E-state index is 14.5. The largest absolute Gasteiger partial charge is 0.477 e. The highest BCUT2D eigenvalue weighted by Crippen LogP contribution is 2.25. The summed E-state index contributed by atoms with van der Waals surface area (Å²) in [6.07, 6.45) is 1.33. The highest BCUT2D eigenvalue weighted by molar-refractivity contribution is 7.83. The Hall–Kier alpha value is -2.54. The average Bonchev–Trinajstić information content (AvgIpc) is 2.61. The first-order chi connectivity index (χ1) is 13.0. The van der Waals surface area contributed by atoms with Crippen molar-refractivity contribution in [1.82, 2.24) is 9.88 Å². The van der Waals surface area contributed by atoms with Gasteiger partial charge < -0.3 is 19.9 Å². The molecule has 1 aliphatic rings. The van der Waals surface area contributed by atoms with E-state index in [0.29, 0.717) is 30.8 Å². The number of carboxylic acid groups (broad SMARTS) is 1. The molecule has 10 nitrogen and oxygen atoms in total. The van der Waals surface area contributed by atoms with E-state index in [-0.39, 0.29) is 10.9 Å². The fourth-order valence-electron chi connectivity index (χ4n) is 2.96. The SMILES string of the molecule is CCn1cc(C(=O)O)c(=O)c2cc(F)c(N3CCNCC3)cc21.NS(=O)(=O)O. The summed E-state index contributed by atoms with van der Waals surface area (Å²) < 4.78 is 41.4. The highest BCUT2D eigenvalue weighted by Gasteiger charge is 2.19. The Balaban J connectivity index is 0.000000500. The summed E-state index contributed by atoms with van der Waals surface area (Å²) in [5.41, 5.74) is 0.0118. The van der Waals surface area contributed by atoms with Crippen molar-refractivity contribution in [3.05, 3.63) is 39.9 Å². The van der Waals surface area contributed by atoms with Gasteiger partial charge in [-0.2, -0.15) is 8.42 Å². The molecule has 3 rings (SSSR count). The van der Waals surface area contributed by atoms with Crippen LogP contribution in [0.1, 0.15) is 17.3 Å². The van der Waals surface area contributed by atoms with Gasteiger partial charge >= 0.3 is 16.3 Å². The third kappa shape index (κ3) is 5.25. The number of anilines is 1. The van der Waals surface area contributed by atoms with Crippen LogP contribution < -0.4 is 20.8 Å². The maximum Gasteiger partial charge on any atom is 0.341 e. The second-order valence-electron chi connectivity index (χ2n) is 6.04. The zero-order chi connectivity index (χ0) is 21.1.